The van der Waals surface area contributed by atoms with E-state index in [-0.39, 0.29) is 16.6 Å². The summed E-state index contributed by atoms with van der Waals surface area (Å²) in [5.41, 5.74) is 0.567. The van der Waals surface area contributed by atoms with Crippen LogP contribution >= 0.6 is 0 Å². The van der Waals surface area contributed by atoms with Crippen LogP contribution in [0.1, 0.15) is 33.0 Å². The van der Waals surface area contributed by atoms with Crippen molar-refractivity contribution in [2.75, 3.05) is 18.5 Å². The topological polar surface area (TPSA) is 99.9 Å². The van der Waals surface area contributed by atoms with Crippen LogP contribution in [-0.4, -0.2) is 57.4 Å². The summed E-state index contributed by atoms with van der Waals surface area (Å²) in [6.07, 6.45) is -0.675. The van der Waals surface area contributed by atoms with Crippen molar-refractivity contribution >= 4 is 30.9 Å². The van der Waals surface area contributed by atoms with E-state index in [1.165, 1.54) is 6.20 Å². The summed E-state index contributed by atoms with van der Waals surface area (Å²) in [6.45, 7) is 12.4. The van der Waals surface area contributed by atoms with Crippen LogP contribution in [0.4, 0.5) is 24.8 Å². The van der Waals surface area contributed by atoms with E-state index in [0.29, 0.717) is 53.7 Å². The van der Waals surface area contributed by atoms with Gasteiger partial charge in [0.25, 0.3) is 0 Å². The lowest BCUT2D eigenvalue weighted by Gasteiger charge is -2.36. The van der Waals surface area contributed by atoms with Crippen molar-refractivity contribution in [1.29, 1.82) is 0 Å². The van der Waals surface area contributed by atoms with Crippen molar-refractivity contribution in [3.05, 3.63) is 48.5 Å². The number of hydrogen-bond donors (Lipinski definition) is 1. The molecule has 40 heavy (non-hydrogen) atoms. The Morgan fingerprint density at radius 2 is 1.75 bits per heavy atom. The second kappa shape index (κ2) is 11.5. The van der Waals surface area contributed by atoms with Crippen LogP contribution in [0, 0.1) is 6.92 Å². The van der Waals surface area contributed by atoms with E-state index < -0.39 is 21.0 Å². The van der Waals surface area contributed by atoms with Gasteiger partial charge in [0.1, 0.15) is 23.9 Å². The summed E-state index contributed by atoms with van der Waals surface area (Å²) in [4.78, 5) is 17.5. The van der Waals surface area contributed by atoms with E-state index in [1.807, 2.05) is 0 Å². The highest BCUT2D eigenvalue weighted by molar-refractivity contribution is 6.74. The molecule has 0 bridgehead atoms. The molecule has 0 aliphatic heterocycles. The summed E-state index contributed by atoms with van der Waals surface area (Å²) in [5.74, 6) is 1.87. The largest absolute Gasteiger partial charge is 0.488 e. The average Bonchev–Trinajstić information content (AvgIpc) is 3.21. The van der Waals surface area contributed by atoms with Crippen LogP contribution < -0.4 is 10.1 Å². The predicted molar refractivity (Wildman–Crippen MR) is 150 cm³/mol. The number of halogens is 3. The third-order valence-electron chi connectivity index (χ3n) is 6.79. The van der Waals surface area contributed by atoms with Gasteiger partial charge >= 0.3 is 6.18 Å². The zero-order chi connectivity index (χ0) is 29.1. The summed E-state index contributed by atoms with van der Waals surface area (Å²) >= 11 is 0. The minimum Gasteiger partial charge on any atom is -0.488 e. The third-order valence-corrected chi connectivity index (χ3v) is 11.3. The summed E-state index contributed by atoms with van der Waals surface area (Å²) in [5, 5.41) is 7.99. The molecule has 0 amide bonds. The Kier molecular flexibility index (Phi) is 8.45. The van der Waals surface area contributed by atoms with E-state index in [9.17, 15) is 13.2 Å². The van der Waals surface area contributed by atoms with E-state index in [2.05, 4.69) is 64.2 Å². The minimum absolute atomic E-state index is 0.113. The number of benzene rings is 1. The van der Waals surface area contributed by atoms with Gasteiger partial charge in [-0.2, -0.15) is 18.3 Å². The number of anilines is 2. The van der Waals surface area contributed by atoms with Crippen LogP contribution in [-0.2, 0) is 11.0 Å². The van der Waals surface area contributed by atoms with Gasteiger partial charge in [-0.3, -0.25) is 4.68 Å². The molecule has 1 N–H and O–H groups in total. The van der Waals surface area contributed by atoms with E-state index in [4.69, 9.17) is 9.16 Å². The van der Waals surface area contributed by atoms with E-state index in [0.717, 1.165) is 4.68 Å². The molecule has 0 aliphatic rings. The first-order valence-electron chi connectivity index (χ1n) is 13.0. The van der Waals surface area contributed by atoms with Crippen molar-refractivity contribution < 1.29 is 22.3 Å². The zero-order valence-electron chi connectivity index (χ0n) is 23.5. The molecular weight excluding hydrogens is 539 g/mol. The average molecular weight is 574 g/mol. The van der Waals surface area contributed by atoms with Crippen LogP contribution in [0.15, 0.2) is 42.7 Å². The molecule has 0 atom stereocenters. The van der Waals surface area contributed by atoms with Gasteiger partial charge in [-0.25, -0.2) is 19.9 Å². The molecule has 3 heterocycles. The van der Waals surface area contributed by atoms with E-state index >= 15 is 0 Å². The molecule has 4 rings (SSSR count). The molecule has 0 saturated carbocycles. The standard InChI is InChI=1S/C27H34F3N7O2Si/c1-18-31-13-12-22(33-18)34-24-21(38-14-9-15-39-40(5,6)26(2,3)4)16-32-25(35-24)23-19-10-7-8-11-20(19)37(36-23)17-27(28,29)30/h7-8,10-13,16H,9,14-15,17H2,1-6H3,(H,31,32,33,34,35). The fraction of sp³-hybridized carbons (Fsp3) is 0.444. The number of alkyl halides is 3. The van der Waals surface area contributed by atoms with Crippen molar-refractivity contribution in [2.24, 2.45) is 0 Å². The lowest BCUT2D eigenvalue weighted by atomic mass is 10.2. The van der Waals surface area contributed by atoms with Gasteiger partial charge in [-0.05, 0) is 37.2 Å². The van der Waals surface area contributed by atoms with Crippen molar-refractivity contribution in [3.8, 4) is 17.3 Å². The number of hydrogen-bond acceptors (Lipinski definition) is 8. The maximum Gasteiger partial charge on any atom is 0.408 e. The van der Waals surface area contributed by atoms with Gasteiger partial charge in [-0.15, -0.1) is 0 Å². The molecular formula is C27H34F3N7O2Si. The molecule has 3 aromatic heterocycles. The molecule has 9 nitrogen and oxygen atoms in total. The number of ether oxygens (including phenoxy) is 1. The smallest absolute Gasteiger partial charge is 0.408 e. The monoisotopic (exact) mass is 573 g/mol. The Labute approximate surface area is 232 Å². The Hall–Kier alpha value is -3.58. The molecule has 0 aliphatic carbocycles. The second-order valence-electron chi connectivity index (χ2n) is 11.0. The fourth-order valence-corrected chi connectivity index (χ4v) is 4.78. The normalized spacial score (nSPS) is 12.6. The molecule has 1 aromatic carbocycles. The number of aromatic nitrogens is 6. The van der Waals surface area contributed by atoms with Gasteiger partial charge < -0.3 is 14.5 Å². The third kappa shape index (κ3) is 7.13. The quantitative estimate of drug-likeness (QED) is 0.166. The van der Waals surface area contributed by atoms with Gasteiger partial charge in [0.05, 0.1) is 18.3 Å². The molecule has 0 saturated heterocycles. The van der Waals surface area contributed by atoms with Crippen molar-refractivity contribution in [1.82, 2.24) is 29.7 Å². The predicted octanol–water partition coefficient (Wildman–Crippen LogP) is 6.69. The molecule has 13 heteroatoms. The number of nitrogens with one attached hydrogen (secondary N) is 1. The maximum absolute atomic E-state index is 13.2. The van der Waals surface area contributed by atoms with Crippen LogP contribution in [0.3, 0.4) is 0 Å². The molecule has 0 unspecified atom stereocenters. The summed E-state index contributed by atoms with van der Waals surface area (Å²) in [7, 11) is -1.87. The summed E-state index contributed by atoms with van der Waals surface area (Å²) in [6, 6.07) is 8.36. The van der Waals surface area contributed by atoms with Gasteiger partial charge in [0.15, 0.2) is 25.7 Å². The fourth-order valence-electron chi connectivity index (χ4n) is 3.69. The van der Waals surface area contributed by atoms with Crippen molar-refractivity contribution in [3.63, 3.8) is 0 Å². The molecule has 0 fully saturated rings. The van der Waals surface area contributed by atoms with Gasteiger partial charge in [-0.1, -0.05) is 39.0 Å². The number of para-hydroxylation sites is 1. The number of nitrogens with zero attached hydrogens (tertiary/aromatic N) is 6. The Balaban J connectivity index is 1.61. The first-order valence-corrected chi connectivity index (χ1v) is 15.9. The SMILES string of the molecule is Cc1nccc(Nc2nc(-c3nn(CC(F)(F)F)c4ccccc34)ncc2OCCCO[Si](C)(C)C(C)(C)C)n1. The number of rotatable bonds is 10. The maximum atomic E-state index is 13.2. The minimum atomic E-state index is -4.43. The van der Waals surface area contributed by atoms with Crippen LogP contribution in [0.25, 0.3) is 22.4 Å². The lowest BCUT2D eigenvalue weighted by Crippen LogP contribution is -2.41. The van der Waals surface area contributed by atoms with Gasteiger partial charge in [0.2, 0.25) is 0 Å². The Morgan fingerprint density at radius 3 is 2.45 bits per heavy atom. The Bertz CT molecular complexity index is 1470. The number of aryl methyl sites for hydroxylation is 1. The molecule has 0 radical (unpaired) electrons. The highest BCUT2D eigenvalue weighted by Crippen LogP contribution is 2.36. The molecule has 214 valence electrons. The molecule has 4 aromatic rings. The zero-order valence-corrected chi connectivity index (χ0v) is 24.5. The highest BCUT2D eigenvalue weighted by atomic mass is 28.4. The first kappa shape index (κ1) is 29.4. The Morgan fingerprint density at radius 1 is 1.00 bits per heavy atom. The second-order valence-corrected chi connectivity index (χ2v) is 15.8. The van der Waals surface area contributed by atoms with Gasteiger partial charge in [0, 0.05) is 24.6 Å². The van der Waals surface area contributed by atoms with Crippen molar-refractivity contribution in [2.45, 2.75) is 65.0 Å². The highest BCUT2D eigenvalue weighted by Gasteiger charge is 2.36. The van der Waals surface area contributed by atoms with Crippen LogP contribution in [0.5, 0.6) is 5.75 Å². The lowest BCUT2D eigenvalue weighted by molar-refractivity contribution is -0.141. The molecule has 0 spiro atoms. The first-order chi connectivity index (χ1) is 18.7. The summed E-state index contributed by atoms with van der Waals surface area (Å²) < 4.78 is 52.9. The van der Waals surface area contributed by atoms with Crippen LogP contribution in [0.2, 0.25) is 18.1 Å². The van der Waals surface area contributed by atoms with E-state index in [1.54, 1.807) is 43.5 Å². The number of fused-ring (bicyclic) bond motifs is 1.